The van der Waals surface area contributed by atoms with Crippen LogP contribution in [0.5, 0.6) is 5.75 Å². The van der Waals surface area contributed by atoms with Gasteiger partial charge in [0, 0.05) is 61.1 Å². The van der Waals surface area contributed by atoms with Crippen LogP contribution in [0.4, 0.5) is 5.69 Å². The Bertz CT molecular complexity index is 1990. The molecule has 290 valence electrons. The van der Waals surface area contributed by atoms with Crippen LogP contribution in [0.3, 0.4) is 0 Å². The first-order valence-electron chi connectivity index (χ1n) is 19.5. The minimum absolute atomic E-state index is 0.0395. The van der Waals surface area contributed by atoms with Crippen molar-refractivity contribution in [1.29, 1.82) is 0 Å². The Morgan fingerprint density at radius 3 is 2.81 bits per heavy atom. The van der Waals surface area contributed by atoms with Crippen LogP contribution >= 0.6 is 11.6 Å². The highest BCUT2D eigenvalue weighted by Gasteiger charge is 2.49. The fourth-order valence-corrected chi connectivity index (χ4v) is 11.1. The van der Waals surface area contributed by atoms with Crippen LogP contribution in [0, 0.1) is 17.8 Å². The molecule has 5 aliphatic rings. The van der Waals surface area contributed by atoms with Crippen LogP contribution in [0.1, 0.15) is 67.4 Å². The lowest BCUT2D eigenvalue weighted by atomic mass is 9.63. The number of carbonyl (C=O) groups excluding carboxylic acids is 1. The normalized spacial score (nSPS) is 33.4. The monoisotopic (exact) mass is 777 g/mol. The van der Waals surface area contributed by atoms with Gasteiger partial charge >= 0.3 is 0 Å². The Morgan fingerprint density at radius 1 is 1.15 bits per heavy atom. The van der Waals surface area contributed by atoms with Crippen molar-refractivity contribution in [3.8, 4) is 5.75 Å². The Hall–Kier alpha value is -3.42. The summed E-state index contributed by atoms with van der Waals surface area (Å²) in [6, 6.07) is 11.5. The molecular formula is C41H52ClN5O6S. The van der Waals surface area contributed by atoms with Gasteiger partial charge in [-0.05, 0) is 105 Å². The summed E-state index contributed by atoms with van der Waals surface area (Å²) < 4.78 is 44.2. The molecule has 0 radical (unpaired) electrons. The van der Waals surface area contributed by atoms with E-state index < -0.39 is 26.8 Å². The summed E-state index contributed by atoms with van der Waals surface area (Å²) in [6.45, 7) is 8.28. The highest BCUT2D eigenvalue weighted by Crippen LogP contribution is 2.48. The van der Waals surface area contributed by atoms with Crippen LogP contribution in [0.15, 0.2) is 67.3 Å². The number of aliphatic hydroxyl groups is 1. The van der Waals surface area contributed by atoms with Crippen LogP contribution in [0.25, 0.3) is 0 Å². The summed E-state index contributed by atoms with van der Waals surface area (Å²) in [5, 5.41) is 12.8. The van der Waals surface area contributed by atoms with Gasteiger partial charge in [0.15, 0.2) is 0 Å². The molecule has 2 fully saturated rings. The van der Waals surface area contributed by atoms with Crippen LogP contribution in [-0.4, -0.2) is 96.8 Å². The van der Waals surface area contributed by atoms with Crippen molar-refractivity contribution in [3.05, 3.63) is 89.0 Å². The maximum absolute atomic E-state index is 13.6. The minimum Gasteiger partial charge on any atom is -0.490 e. The topological polar surface area (TPSA) is 126 Å². The summed E-state index contributed by atoms with van der Waals surface area (Å²) in [7, 11) is -4.01. The van der Waals surface area contributed by atoms with E-state index >= 15 is 0 Å². The van der Waals surface area contributed by atoms with E-state index in [-0.39, 0.29) is 34.8 Å². The number of amides is 1. The van der Waals surface area contributed by atoms with Gasteiger partial charge in [-0.2, -0.15) is 0 Å². The van der Waals surface area contributed by atoms with Gasteiger partial charge in [0.1, 0.15) is 5.75 Å². The molecule has 54 heavy (non-hydrogen) atoms. The number of sulfonamides is 1. The molecule has 2 bridgehead atoms. The lowest BCUT2D eigenvalue weighted by molar-refractivity contribution is -0.0954. The number of anilines is 1. The number of halogens is 1. The number of aromatic nitrogens is 2. The maximum atomic E-state index is 13.6. The third-order valence-electron chi connectivity index (χ3n) is 13.0. The number of ether oxygens (including phenoxy) is 2. The highest BCUT2D eigenvalue weighted by molar-refractivity contribution is 7.90. The standard InChI is InChI=1S/C41H52ClN5O6S/c1-28-5-3-14-41(49,25-46-17-18-52-23-34(46)22-45-16-15-43-27-45)36-10-7-32(36)21-47-24-40(13-4-6-30-19-33(42)9-11-35(30)40)26-53-38-12-8-31(20-37(38)47)39(48)44-54(50,51)29(28)2/h3,8-9,11-12,14-16,19-20,27-29,32,34,36,49H,4-7,10,13,17-18,21-26H2,1-2H3,(H,44,48)/b14-3+/t28-,29+,32-,34-,36+,40-,41+/m0/s1. The van der Waals surface area contributed by atoms with Crippen LogP contribution in [-0.2, 0) is 33.1 Å². The van der Waals surface area contributed by atoms with Gasteiger partial charge in [-0.3, -0.25) is 9.69 Å². The predicted octanol–water partition coefficient (Wildman–Crippen LogP) is 5.21. The fraction of sp³-hybridized carbons (Fsp3) is 0.561. The van der Waals surface area contributed by atoms with Crippen molar-refractivity contribution in [3.63, 3.8) is 0 Å². The number of fused-ring (bicyclic) bond motifs is 4. The summed E-state index contributed by atoms with van der Waals surface area (Å²) in [6.07, 6.45) is 14.6. The average molecular weight is 778 g/mol. The molecule has 1 aromatic heterocycles. The molecule has 1 saturated heterocycles. The summed E-state index contributed by atoms with van der Waals surface area (Å²) in [5.41, 5.74) is 2.03. The second-order valence-electron chi connectivity index (χ2n) is 16.5. The van der Waals surface area contributed by atoms with Gasteiger partial charge in [-0.25, -0.2) is 18.1 Å². The van der Waals surface area contributed by atoms with Gasteiger partial charge in [0.25, 0.3) is 5.91 Å². The van der Waals surface area contributed by atoms with E-state index in [2.05, 4.69) is 36.2 Å². The van der Waals surface area contributed by atoms with Crippen molar-refractivity contribution < 1.29 is 27.8 Å². The molecular weight excluding hydrogens is 726 g/mol. The van der Waals surface area contributed by atoms with Crippen molar-refractivity contribution >= 4 is 33.2 Å². The number of benzene rings is 2. The highest BCUT2D eigenvalue weighted by atomic mass is 35.5. The first-order chi connectivity index (χ1) is 25.9. The number of rotatable bonds is 4. The Balaban J connectivity index is 1.18. The molecule has 1 saturated carbocycles. The Labute approximate surface area is 323 Å². The number of allylic oxidation sites excluding steroid dienone is 1. The van der Waals surface area contributed by atoms with E-state index in [0.29, 0.717) is 64.7 Å². The molecule has 3 aliphatic heterocycles. The van der Waals surface area contributed by atoms with Gasteiger partial charge < -0.3 is 24.0 Å². The molecule has 8 rings (SSSR count). The molecule has 2 aliphatic carbocycles. The van der Waals surface area contributed by atoms with Crippen molar-refractivity contribution in [1.82, 2.24) is 19.2 Å². The second-order valence-corrected chi connectivity index (χ2v) is 19.0. The average Bonchev–Trinajstić information content (AvgIpc) is 3.59. The second kappa shape index (κ2) is 14.9. The van der Waals surface area contributed by atoms with E-state index in [1.165, 1.54) is 11.1 Å². The number of hydrogen-bond donors (Lipinski definition) is 2. The molecule has 7 atom stereocenters. The van der Waals surface area contributed by atoms with E-state index in [9.17, 15) is 18.3 Å². The summed E-state index contributed by atoms with van der Waals surface area (Å²) >= 11 is 6.49. The Kier molecular flexibility index (Phi) is 10.4. The van der Waals surface area contributed by atoms with E-state index in [4.69, 9.17) is 21.1 Å². The number of nitrogens with one attached hydrogen (secondary N) is 1. The molecule has 1 amide bonds. The number of aryl methyl sites for hydroxylation is 1. The van der Waals surface area contributed by atoms with E-state index in [0.717, 1.165) is 42.8 Å². The molecule has 0 unspecified atom stereocenters. The molecule has 11 nitrogen and oxygen atoms in total. The number of carbonyl (C=O) groups is 1. The third-order valence-corrected chi connectivity index (χ3v) is 15.2. The molecule has 4 heterocycles. The van der Waals surface area contributed by atoms with Crippen molar-refractivity contribution in [2.75, 3.05) is 50.9 Å². The van der Waals surface area contributed by atoms with Crippen molar-refractivity contribution in [2.24, 2.45) is 17.8 Å². The lowest BCUT2D eigenvalue weighted by Gasteiger charge is -2.51. The first-order valence-corrected chi connectivity index (χ1v) is 21.4. The zero-order valence-electron chi connectivity index (χ0n) is 31.2. The summed E-state index contributed by atoms with van der Waals surface area (Å²) in [4.78, 5) is 22.6. The SMILES string of the molecule is C[C@@H]1[C@@H](C)C/C=C/[C@@](O)(CN2CCOC[C@@H]2Cn2ccnc2)[C@@H]2CC[C@H]2CN2C[C@@]3(CCCc4cc(Cl)ccc43)COc3ccc(cc32)C(=O)NS1(=O)=O. The van der Waals surface area contributed by atoms with Gasteiger partial charge in [-0.15, -0.1) is 0 Å². The number of nitrogens with zero attached hydrogens (tertiary/aromatic N) is 4. The largest absolute Gasteiger partial charge is 0.490 e. The zero-order valence-corrected chi connectivity index (χ0v) is 32.8. The molecule has 13 heteroatoms. The van der Waals surface area contributed by atoms with Gasteiger partial charge in [0.2, 0.25) is 10.0 Å². The molecule has 2 N–H and O–H groups in total. The van der Waals surface area contributed by atoms with E-state index in [1.54, 1.807) is 31.3 Å². The number of imidazole rings is 1. The number of hydrogen-bond acceptors (Lipinski definition) is 9. The molecule has 1 spiro atoms. The predicted molar refractivity (Wildman–Crippen MR) is 209 cm³/mol. The fourth-order valence-electron chi connectivity index (χ4n) is 9.57. The number of morpholine rings is 1. The van der Waals surface area contributed by atoms with Crippen molar-refractivity contribution in [2.45, 2.75) is 81.2 Å². The Morgan fingerprint density at radius 2 is 2.02 bits per heavy atom. The number of β-amino-alcohol motifs (C(OH)–C–C–N with tert-alkyl or cyclic N) is 1. The van der Waals surface area contributed by atoms with E-state index in [1.807, 2.05) is 37.7 Å². The molecule has 2 aromatic carbocycles. The maximum Gasteiger partial charge on any atom is 0.264 e. The summed E-state index contributed by atoms with van der Waals surface area (Å²) in [5.74, 6) is -0.174. The lowest BCUT2D eigenvalue weighted by Crippen LogP contribution is -2.59. The zero-order chi connectivity index (χ0) is 37.7. The van der Waals surface area contributed by atoms with Gasteiger partial charge in [0.05, 0.1) is 48.7 Å². The third kappa shape index (κ3) is 7.32. The van der Waals surface area contributed by atoms with Crippen LogP contribution in [0.2, 0.25) is 5.02 Å². The smallest absolute Gasteiger partial charge is 0.264 e. The van der Waals surface area contributed by atoms with Crippen LogP contribution < -0.4 is 14.4 Å². The first kappa shape index (κ1) is 37.5. The quantitative estimate of drug-likeness (QED) is 0.344. The minimum atomic E-state index is -4.01. The van der Waals surface area contributed by atoms with Gasteiger partial charge in [-0.1, -0.05) is 36.7 Å². The molecule has 3 aromatic rings.